The van der Waals surface area contributed by atoms with Gasteiger partial charge in [-0.05, 0) is 50.1 Å². The van der Waals surface area contributed by atoms with Gasteiger partial charge in [0, 0.05) is 12.6 Å². The maximum absolute atomic E-state index is 12.1. The normalized spacial score (nSPS) is 16.4. The van der Waals surface area contributed by atoms with E-state index in [1.165, 1.54) is 24.4 Å². The molecular weight excluding hydrogens is 260 g/mol. The molecule has 1 aromatic heterocycles. The summed E-state index contributed by atoms with van der Waals surface area (Å²) in [5.74, 6) is 1.63. The average Bonchev–Trinajstić information content (AvgIpc) is 3.09. The van der Waals surface area contributed by atoms with Crippen molar-refractivity contribution in [2.24, 2.45) is 11.8 Å². The molecule has 1 saturated carbocycles. The Hall–Kier alpha value is -1.30. The van der Waals surface area contributed by atoms with Crippen molar-refractivity contribution in [3.8, 4) is 0 Å². The number of hydrogen-bond donors (Lipinski definition) is 3. The highest BCUT2D eigenvalue weighted by molar-refractivity contribution is 7.11. The topological polar surface area (TPSA) is 80.0 Å². The van der Waals surface area contributed by atoms with Gasteiger partial charge in [-0.1, -0.05) is 6.92 Å². The lowest BCUT2D eigenvalue weighted by molar-refractivity contribution is 0.0945. The molecule has 1 atom stereocenters. The van der Waals surface area contributed by atoms with E-state index in [2.05, 4.69) is 21.9 Å². The molecular formula is C13H22N4OS. The Morgan fingerprint density at radius 1 is 1.47 bits per heavy atom. The maximum atomic E-state index is 12.1. The molecule has 0 radical (unpaired) electrons. The first-order valence-electron chi connectivity index (χ1n) is 6.79. The zero-order valence-electron chi connectivity index (χ0n) is 11.7. The highest BCUT2D eigenvalue weighted by atomic mass is 32.1. The number of nitrogens with two attached hydrogens (primary N) is 1. The summed E-state index contributed by atoms with van der Waals surface area (Å²) in [4.78, 5) is 12.1. The van der Waals surface area contributed by atoms with Gasteiger partial charge in [-0.15, -0.1) is 0 Å². The van der Waals surface area contributed by atoms with Crippen LogP contribution in [-0.2, 0) is 0 Å². The second kappa shape index (κ2) is 5.77. The van der Waals surface area contributed by atoms with Crippen molar-refractivity contribution in [2.45, 2.75) is 39.7 Å². The molecule has 1 aromatic rings. The number of nitrogens with one attached hydrogen (secondary N) is 2. The largest absolute Gasteiger partial charge is 0.382 e. The molecule has 0 aromatic carbocycles. The van der Waals surface area contributed by atoms with E-state index < -0.39 is 0 Å². The average molecular weight is 282 g/mol. The second-order valence-electron chi connectivity index (χ2n) is 5.60. The molecule has 1 fully saturated rings. The quantitative estimate of drug-likeness (QED) is 0.748. The summed E-state index contributed by atoms with van der Waals surface area (Å²) < 4.78 is 4.08. The molecule has 0 bridgehead atoms. The summed E-state index contributed by atoms with van der Waals surface area (Å²) in [6.07, 6.45) is 2.66. The number of carbonyl (C=O) groups is 1. The van der Waals surface area contributed by atoms with Crippen LogP contribution in [-0.4, -0.2) is 22.9 Å². The van der Waals surface area contributed by atoms with Crippen LogP contribution in [0, 0.1) is 11.8 Å². The van der Waals surface area contributed by atoms with E-state index in [0.29, 0.717) is 17.3 Å². The van der Waals surface area contributed by atoms with E-state index in [0.717, 1.165) is 17.5 Å². The first-order valence-corrected chi connectivity index (χ1v) is 7.56. The fraction of sp³-hybridized carbons (Fsp3) is 0.692. The minimum absolute atomic E-state index is 0.0880. The minimum Gasteiger partial charge on any atom is -0.382 e. The number of hydrogen-bond acceptors (Lipinski definition) is 5. The molecule has 1 unspecified atom stereocenters. The van der Waals surface area contributed by atoms with Gasteiger partial charge in [0.15, 0.2) is 5.82 Å². The third kappa shape index (κ3) is 3.59. The monoisotopic (exact) mass is 282 g/mol. The van der Waals surface area contributed by atoms with Crippen molar-refractivity contribution in [1.82, 2.24) is 9.69 Å². The fourth-order valence-corrected chi connectivity index (χ4v) is 2.78. The molecule has 1 aliphatic rings. The lowest BCUT2D eigenvalue weighted by atomic mass is 10.1. The summed E-state index contributed by atoms with van der Waals surface area (Å²) >= 11 is 1.26. The van der Waals surface area contributed by atoms with Crippen LogP contribution in [0.3, 0.4) is 0 Å². The number of nitrogens with zero attached hydrogens (tertiary/aromatic N) is 1. The fourth-order valence-electron chi connectivity index (χ4n) is 2.06. The van der Waals surface area contributed by atoms with Gasteiger partial charge in [-0.3, -0.25) is 4.79 Å². The Kier molecular flexibility index (Phi) is 4.29. The molecule has 106 valence electrons. The minimum atomic E-state index is -0.150. The molecule has 1 heterocycles. The SMILES string of the molecule is CC(C)NC(=O)c1c(N)nsc1NCC(C)C1CC1. The maximum Gasteiger partial charge on any atom is 0.258 e. The Balaban J connectivity index is 2.01. The first kappa shape index (κ1) is 14.1. The zero-order chi connectivity index (χ0) is 14.0. The van der Waals surface area contributed by atoms with Gasteiger partial charge < -0.3 is 16.4 Å². The summed E-state index contributed by atoms with van der Waals surface area (Å²) in [5.41, 5.74) is 6.28. The van der Waals surface area contributed by atoms with Gasteiger partial charge >= 0.3 is 0 Å². The van der Waals surface area contributed by atoms with E-state index >= 15 is 0 Å². The van der Waals surface area contributed by atoms with Crippen molar-refractivity contribution in [3.05, 3.63) is 5.56 Å². The van der Waals surface area contributed by atoms with Crippen LogP contribution in [0.15, 0.2) is 0 Å². The first-order chi connectivity index (χ1) is 8.99. The highest BCUT2D eigenvalue weighted by Gasteiger charge is 2.28. The van der Waals surface area contributed by atoms with E-state index in [1.807, 2.05) is 13.8 Å². The third-order valence-electron chi connectivity index (χ3n) is 3.38. The molecule has 4 N–H and O–H groups in total. The second-order valence-corrected chi connectivity index (χ2v) is 6.37. The Bertz CT molecular complexity index is 453. The predicted molar refractivity (Wildman–Crippen MR) is 79.5 cm³/mol. The van der Waals surface area contributed by atoms with Crippen molar-refractivity contribution < 1.29 is 4.79 Å². The van der Waals surface area contributed by atoms with Gasteiger partial charge in [0.25, 0.3) is 5.91 Å². The lowest BCUT2D eigenvalue weighted by Crippen LogP contribution is -2.31. The molecule has 19 heavy (non-hydrogen) atoms. The standard InChI is InChI=1S/C13H22N4OS/c1-7(2)16-12(18)10-11(14)17-19-13(10)15-6-8(3)9-4-5-9/h7-9,15H,4-6H2,1-3H3,(H2,14,17)(H,16,18). The molecule has 0 spiro atoms. The highest BCUT2D eigenvalue weighted by Crippen LogP contribution is 2.37. The Morgan fingerprint density at radius 3 is 2.74 bits per heavy atom. The third-order valence-corrected chi connectivity index (χ3v) is 4.20. The number of amides is 1. The smallest absolute Gasteiger partial charge is 0.258 e. The van der Waals surface area contributed by atoms with E-state index in [-0.39, 0.29) is 11.9 Å². The van der Waals surface area contributed by atoms with Gasteiger partial charge in [0.2, 0.25) is 0 Å². The van der Waals surface area contributed by atoms with Gasteiger partial charge in [0.1, 0.15) is 10.6 Å². The van der Waals surface area contributed by atoms with Gasteiger partial charge in [-0.25, -0.2) is 0 Å². The number of carbonyl (C=O) groups excluding carboxylic acids is 1. The summed E-state index contributed by atoms with van der Waals surface area (Å²) in [6, 6.07) is 0.0880. The molecule has 5 nitrogen and oxygen atoms in total. The molecule has 0 saturated heterocycles. The van der Waals surface area contributed by atoms with Crippen LogP contribution in [0.25, 0.3) is 0 Å². The van der Waals surface area contributed by atoms with Crippen molar-refractivity contribution in [3.63, 3.8) is 0 Å². The summed E-state index contributed by atoms with van der Waals surface area (Å²) in [5, 5.41) is 6.96. The van der Waals surface area contributed by atoms with Crippen LogP contribution >= 0.6 is 11.5 Å². The lowest BCUT2D eigenvalue weighted by Gasteiger charge is -2.13. The summed E-state index contributed by atoms with van der Waals surface area (Å²) in [7, 11) is 0. The molecule has 2 rings (SSSR count). The van der Waals surface area contributed by atoms with E-state index in [4.69, 9.17) is 5.73 Å². The predicted octanol–water partition coefficient (Wildman–Crippen LogP) is 2.32. The molecule has 1 amide bonds. The molecule has 0 aliphatic heterocycles. The van der Waals surface area contributed by atoms with Crippen LogP contribution in [0.5, 0.6) is 0 Å². The number of aromatic nitrogens is 1. The molecule has 6 heteroatoms. The number of anilines is 2. The van der Waals surface area contributed by atoms with E-state index in [9.17, 15) is 4.79 Å². The van der Waals surface area contributed by atoms with Crippen LogP contribution in [0.2, 0.25) is 0 Å². The van der Waals surface area contributed by atoms with Gasteiger partial charge in [0.05, 0.1) is 0 Å². The number of rotatable bonds is 6. The van der Waals surface area contributed by atoms with Crippen molar-refractivity contribution in [2.75, 3.05) is 17.6 Å². The van der Waals surface area contributed by atoms with Crippen molar-refractivity contribution >= 4 is 28.3 Å². The van der Waals surface area contributed by atoms with Crippen LogP contribution in [0.4, 0.5) is 10.8 Å². The zero-order valence-corrected chi connectivity index (χ0v) is 12.5. The molecule has 1 aliphatic carbocycles. The van der Waals surface area contributed by atoms with Gasteiger partial charge in [-0.2, -0.15) is 4.37 Å². The number of nitrogen functional groups attached to an aromatic ring is 1. The Labute approximate surface area is 118 Å². The summed E-state index contributed by atoms with van der Waals surface area (Å²) in [6.45, 7) is 6.96. The van der Waals surface area contributed by atoms with Crippen LogP contribution < -0.4 is 16.4 Å². The van der Waals surface area contributed by atoms with E-state index in [1.54, 1.807) is 0 Å². The van der Waals surface area contributed by atoms with Crippen molar-refractivity contribution in [1.29, 1.82) is 0 Å². The Morgan fingerprint density at radius 2 is 2.16 bits per heavy atom. The van der Waals surface area contributed by atoms with Crippen LogP contribution in [0.1, 0.15) is 44.0 Å².